The van der Waals surface area contributed by atoms with Crippen LogP contribution in [0.2, 0.25) is 0 Å². The van der Waals surface area contributed by atoms with E-state index in [0.717, 1.165) is 23.9 Å². The van der Waals surface area contributed by atoms with Crippen LogP contribution in [0.4, 0.5) is 0 Å². The second-order valence-electron chi connectivity index (χ2n) is 3.27. The molecule has 0 saturated carbocycles. The lowest BCUT2D eigenvalue weighted by atomic mass is 9.94. The van der Waals surface area contributed by atoms with Gasteiger partial charge in [0.1, 0.15) is 18.3 Å². The Balaban J connectivity index is 2.80. The largest absolute Gasteiger partial charge is 0.497 e. The molecule has 80 valence electrons. The van der Waals surface area contributed by atoms with Crippen molar-refractivity contribution in [2.75, 3.05) is 7.11 Å². The summed E-state index contributed by atoms with van der Waals surface area (Å²) in [4.78, 5) is 20.9. The topological polar surface area (TPSA) is 43.4 Å². The molecule has 1 aromatic carbocycles. The summed E-state index contributed by atoms with van der Waals surface area (Å²) in [6.45, 7) is 0. The molecule has 0 aliphatic rings. The first-order valence-corrected chi connectivity index (χ1v) is 4.83. The predicted octanol–water partition coefficient (Wildman–Crippen LogP) is 1.96. The molecule has 0 bridgehead atoms. The van der Waals surface area contributed by atoms with Crippen molar-refractivity contribution in [3.8, 4) is 5.75 Å². The summed E-state index contributed by atoms with van der Waals surface area (Å²) < 4.78 is 5.03. The minimum Gasteiger partial charge on any atom is -0.497 e. The third kappa shape index (κ3) is 3.20. The number of aldehydes is 2. The number of ether oxygens (including phenoxy) is 1. The number of benzene rings is 1. The van der Waals surface area contributed by atoms with Crippen LogP contribution in [0.15, 0.2) is 24.3 Å². The summed E-state index contributed by atoms with van der Waals surface area (Å²) in [5.74, 6) is 0.764. The van der Waals surface area contributed by atoms with E-state index in [2.05, 4.69) is 0 Å². The minimum absolute atomic E-state index is 0.00842. The minimum atomic E-state index is -0.00842. The molecule has 0 spiro atoms. The van der Waals surface area contributed by atoms with Crippen molar-refractivity contribution in [1.29, 1.82) is 0 Å². The lowest BCUT2D eigenvalue weighted by Crippen LogP contribution is -2.00. The van der Waals surface area contributed by atoms with E-state index in [0.29, 0.717) is 12.8 Å². The van der Waals surface area contributed by atoms with Crippen molar-refractivity contribution < 1.29 is 14.3 Å². The molecule has 3 heteroatoms. The van der Waals surface area contributed by atoms with E-state index in [9.17, 15) is 9.59 Å². The van der Waals surface area contributed by atoms with E-state index in [1.54, 1.807) is 7.11 Å². The van der Waals surface area contributed by atoms with Crippen molar-refractivity contribution in [3.63, 3.8) is 0 Å². The van der Waals surface area contributed by atoms with E-state index in [1.165, 1.54) is 0 Å². The number of hydrogen-bond acceptors (Lipinski definition) is 3. The highest BCUT2D eigenvalue weighted by atomic mass is 16.5. The second-order valence-corrected chi connectivity index (χ2v) is 3.27. The zero-order valence-electron chi connectivity index (χ0n) is 8.68. The monoisotopic (exact) mass is 206 g/mol. The van der Waals surface area contributed by atoms with Crippen molar-refractivity contribution >= 4 is 12.6 Å². The molecule has 0 fully saturated rings. The third-order valence-corrected chi connectivity index (χ3v) is 2.35. The summed E-state index contributed by atoms with van der Waals surface area (Å²) in [6, 6.07) is 7.43. The van der Waals surface area contributed by atoms with Crippen molar-refractivity contribution in [2.45, 2.75) is 18.8 Å². The van der Waals surface area contributed by atoms with Gasteiger partial charge in [0, 0.05) is 12.8 Å². The first kappa shape index (κ1) is 11.4. The molecule has 15 heavy (non-hydrogen) atoms. The van der Waals surface area contributed by atoms with Gasteiger partial charge in [-0.2, -0.15) is 0 Å². The highest BCUT2D eigenvalue weighted by molar-refractivity contribution is 5.57. The van der Waals surface area contributed by atoms with Crippen molar-refractivity contribution in [3.05, 3.63) is 29.8 Å². The Morgan fingerprint density at radius 1 is 1.13 bits per heavy atom. The van der Waals surface area contributed by atoms with Crippen LogP contribution < -0.4 is 4.74 Å². The zero-order chi connectivity index (χ0) is 11.1. The quantitative estimate of drug-likeness (QED) is 0.668. The normalized spacial score (nSPS) is 10.0. The van der Waals surface area contributed by atoms with E-state index < -0.39 is 0 Å². The van der Waals surface area contributed by atoms with Gasteiger partial charge in [-0.15, -0.1) is 0 Å². The maximum atomic E-state index is 10.4. The Morgan fingerprint density at radius 3 is 2.07 bits per heavy atom. The number of rotatable bonds is 6. The van der Waals surface area contributed by atoms with Crippen molar-refractivity contribution in [1.82, 2.24) is 0 Å². The number of methoxy groups -OCH3 is 1. The molecule has 0 radical (unpaired) electrons. The van der Waals surface area contributed by atoms with Gasteiger partial charge >= 0.3 is 0 Å². The maximum Gasteiger partial charge on any atom is 0.120 e. The molecule has 0 saturated heterocycles. The average Bonchev–Trinajstić information content (AvgIpc) is 2.29. The molecule has 0 amide bonds. The first-order valence-electron chi connectivity index (χ1n) is 4.83. The first-order chi connectivity index (χ1) is 7.31. The molecule has 0 unspecified atom stereocenters. The second kappa shape index (κ2) is 5.96. The van der Waals surface area contributed by atoms with Crippen LogP contribution in [0.25, 0.3) is 0 Å². The Morgan fingerprint density at radius 2 is 1.67 bits per heavy atom. The Bertz CT molecular complexity index is 306. The molecule has 0 heterocycles. The van der Waals surface area contributed by atoms with Crippen LogP contribution in [0, 0.1) is 0 Å². The molecule has 1 aromatic rings. The fraction of sp³-hybridized carbons (Fsp3) is 0.333. The summed E-state index contributed by atoms with van der Waals surface area (Å²) >= 11 is 0. The molecule has 0 aliphatic heterocycles. The maximum absolute atomic E-state index is 10.4. The molecule has 0 atom stereocenters. The van der Waals surface area contributed by atoms with E-state index in [-0.39, 0.29) is 5.92 Å². The van der Waals surface area contributed by atoms with Gasteiger partial charge in [-0.3, -0.25) is 0 Å². The fourth-order valence-electron chi connectivity index (χ4n) is 1.48. The molecule has 1 rings (SSSR count). The summed E-state index contributed by atoms with van der Waals surface area (Å²) in [5, 5.41) is 0. The Labute approximate surface area is 89.1 Å². The molecular formula is C12H14O3. The van der Waals surface area contributed by atoms with E-state index in [1.807, 2.05) is 24.3 Å². The molecule has 0 aromatic heterocycles. The predicted molar refractivity (Wildman–Crippen MR) is 57.1 cm³/mol. The summed E-state index contributed by atoms with van der Waals surface area (Å²) in [7, 11) is 1.60. The van der Waals surface area contributed by atoms with Gasteiger partial charge in [-0.1, -0.05) is 12.1 Å². The molecule has 0 N–H and O–H groups in total. The summed E-state index contributed by atoms with van der Waals surface area (Å²) in [5.41, 5.74) is 0.995. The van der Waals surface area contributed by atoms with Gasteiger partial charge in [0.15, 0.2) is 0 Å². The van der Waals surface area contributed by atoms with Crippen LogP contribution >= 0.6 is 0 Å². The van der Waals surface area contributed by atoms with Gasteiger partial charge in [-0.05, 0) is 23.6 Å². The highest BCUT2D eigenvalue weighted by Crippen LogP contribution is 2.23. The van der Waals surface area contributed by atoms with Gasteiger partial charge in [0.05, 0.1) is 7.11 Å². The summed E-state index contributed by atoms with van der Waals surface area (Å²) in [6.07, 6.45) is 2.45. The van der Waals surface area contributed by atoms with Crippen LogP contribution in [-0.2, 0) is 9.59 Å². The van der Waals surface area contributed by atoms with Crippen LogP contribution in [0.3, 0.4) is 0 Å². The molecule has 0 aliphatic carbocycles. The third-order valence-electron chi connectivity index (χ3n) is 2.35. The van der Waals surface area contributed by atoms with Crippen LogP contribution in [-0.4, -0.2) is 19.7 Å². The van der Waals surface area contributed by atoms with Crippen molar-refractivity contribution in [2.24, 2.45) is 0 Å². The molecule has 3 nitrogen and oxygen atoms in total. The molecular weight excluding hydrogens is 192 g/mol. The number of carbonyl (C=O) groups is 2. The standard InChI is InChI=1S/C12H14O3/c1-15-12-4-2-10(3-5-12)11(6-8-13)7-9-14/h2-5,8-9,11H,6-7H2,1H3. The van der Waals surface area contributed by atoms with E-state index in [4.69, 9.17) is 4.74 Å². The number of hydrogen-bond donors (Lipinski definition) is 0. The SMILES string of the molecule is COc1ccc(C(CC=O)CC=O)cc1. The van der Waals surface area contributed by atoms with Crippen LogP contribution in [0.1, 0.15) is 24.3 Å². The Kier molecular flexibility index (Phi) is 4.54. The zero-order valence-corrected chi connectivity index (χ0v) is 8.68. The fourth-order valence-corrected chi connectivity index (χ4v) is 1.48. The van der Waals surface area contributed by atoms with Gasteiger partial charge in [0.2, 0.25) is 0 Å². The lowest BCUT2D eigenvalue weighted by molar-refractivity contribution is -0.109. The smallest absolute Gasteiger partial charge is 0.120 e. The highest BCUT2D eigenvalue weighted by Gasteiger charge is 2.10. The average molecular weight is 206 g/mol. The van der Waals surface area contributed by atoms with Gasteiger partial charge in [0.25, 0.3) is 0 Å². The lowest BCUT2D eigenvalue weighted by Gasteiger charge is -2.11. The Hall–Kier alpha value is -1.64. The van der Waals surface area contributed by atoms with Crippen LogP contribution in [0.5, 0.6) is 5.75 Å². The van der Waals surface area contributed by atoms with Gasteiger partial charge < -0.3 is 14.3 Å². The number of carbonyl (C=O) groups excluding carboxylic acids is 2. The van der Waals surface area contributed by atoms with E-state index >= 15 is 0 Å². The van der Waals surface area contributed by atoms with Gasteiger partial charge in [-0.25, -0.2) is 0 Å².